The van der Waals surface area contributed by atoms with Crippen molar-refractivity contribution in [3.8, 4) is 5.75 Å². The molecule has 0 atom stereocenters. The number of benzene rings is 2. The first kappa shape index (κ1) is 9.97. The summed E-state index contributed by atoms with van der Waals surface area (Å²) in [6.45, 7) is 0.539. The minimum absolute atomic E-state index is 0.539. The van der Waals surface area contributed by atoms with Crippen LogP contribution in [-0.4, -0.2) is 4.57 Å². The van der Waals surface area contributed by atoms with E-state index >= 15 is 0 Å². The Hall–Kier alpha value is -2.22. The normalized spacial score (nSPS) is 10.6. The fourth-order valence-electron chi connectivity index (χ4n) is 1.91. The van der Waals surface area contributed by atoms with E-state index in [1.165, 1.54) is 10.9 Å². The Balaban J connectivity index is 1.82. The molecule has 0 radical (unpaired) electrons. The van der Waals surface area contributed by atoms with Gasteiger partial charge in [-0.1, -0.05) is 36.4 Å². The van der Waals surface area contributed by atoms with Gasteiger partial charge in [0.05, 0.1) is 5.52 Å². The molecule has 0 amide bonds. The third-order valence-corrected chi connectivity index (χ3v) is 2.79. The largest absolute Gasteiger partial charge is 0.473 e. The second kappa shape index (κ2) is 4.34. The van der Waals surface area contributed by atoms with Crippen LogP contribution < -0.4 is 4.74 Å². The van der Waals surface area contributed by atoms with Crippen LogP contribution in [0, 0.1) is 0 Å². The highest BCUT2D eigenvalue weighted by Gasteiger charge is 1.99. The molecule has 1 heterocycles. The molecule has 3 rings (SSSR count). The van der Waals surface area contributed by atoms with Crippen LogP contribution in [0.1, 0.15) is 0 Å². The van der Waals surface area contributed by atoms with Crippen molar-refractivity contribution in [3.63, 3.8) is 0 Å². The Labute approximate surface area is 100 Å². The fraction of sp³-hybridized carbons (Fsp3) is 0.0667. The summed E-state index contributed by atoms with van der Waals surface area (Å²) < 4.78 is 7.82. The fourth-order valence-corrected chi connectivity index (χ4v) is 1.91. The quantitative estimate of drug-likeness (QED) is 0.660. The summed E-state index contributed by atoms with van der Waals surface area (Å²) in [6, 6.07) is 20.3. The average molecular weight is 223 g/mol. The first-order valence-corrected chi connectivity index (χ1v) is 5.65. The van der Waals surface area contributed by atoms with Crippen molar-refractivity contribution < 1.29 is 4.74 Å². The number of para-hydroxylation sites is 2. The number of nitrogens with zero attached hydrogens (tertiary/aromatic N) is 1. The number of hydrogen-bond acceptors (Lipinski definition) is 1. The molecule has 2 aromatic carbocycles. The maximum Gasteiger partial charge on any atom is 0.165 e. The van der Waals surface area contributed by atoms with Gasteiger partial charge < -0.3 is 9.30 Å². The number of aromatic nitrogens is 1. The minimum atomic E-state index is 0.539. The highest BCUT2D eigenvalue weighted by Crippen LogP contribution is 2.16. The van der Waals surface area contributed by atoms with Gasteiger partial charge in [0.25, 0.3) is 0 Å². The molecule has 3 aromatic rings. The first-order chi connectivity index (χ1) is 8.43. The molecule has 1 aromatic heterocycles. The Morgan fingerprint density at radius 2 is 1.59 bits per heavy atom. The molecule has 0 unspecified atom stereocenters. The zero-order chi connectivity index (χ0) is 11.5. The van der Waals surface area contributed by atoms with Gasteiger partial charge in [0.15, 0.2) is 6.73 Å². The smallest absolute Gasteiger partial charge is 0.165 e. The molecule has 2 nitrogen and oxygen atoms in total. The Kier molecular flexibility index (Phi) is 2.54. The van der Waals surface area contributed by atoms with Crippen LogP contribution in [0.15, 0.2) is 66.9 Å². The van der Waals surface area contributed by atoms with Gasteiger partial charge in [-0.25, -0.2) is 0 Å². The summed E-state index contributed by atoms with van der Waals surface area (Å²) in [5.41, 5.74) is 1.20. The van der Waals surface area contributed by atoms with Crippen molar-refractivity contribution in [1.29, 1.82) is 0 Å². The zero-order valence-electron chi connectivity index (χ0n) is 9.41. The van der Waals surface area contributed by atoms with E-state index in [-0.39, 0.29) is 0 Å². The second-order valence-corrected chi connectivity index (χ2v) is 3.93. The molecule has 0 aliphatic heterocycles. The predicted octanol–water partition coefficient (Wildman–Crippen LogP) is 3.68. The Morgan fingerprint density at radius 1 is 0.824 bits per heavy atom. The average Bonchev–Trinajstić information content (AvgIpc) is 2.81. The molecule has 0 saturated carbocycles. The van der Waals surface area contributed by atoms with Gasteiger partial charge in [-0.3, -0.25) is 0 Å². The van der Waals surface area contributed by atoms with Gasteiger partial charge in [0.2, 0.25) is 0 Å². The van der Waals surface area contributed by atoms with Crippen molar-refractivity contribution >= 4 is 10.9 Å². The van der Waals surface area contributed by atoms with E-state index in [2.05, 4.69) is 22.8 Å². The Bertz CT molecular complexity index is 613. The second-order valence-electron chi connectivity index (χ2n) is 3.93. The Morgan fingerprint density at radius 3 is 2.47 bits per heavy atom. The number of hydrogen-bond donors (Lipinski definition) is 0. The van der Waals surface area contributed by atoms with Crippen LogP contribution in [0.3, 0.4) is 0 Å². The monoisotopic (exact) mass is 223 g/mol. The maximum atomic E-state index is 5.72. The van der Waals surface area contributed by atoms with Crippen molar-refractivity contribution in [2.24, 2.45) is 0 Å². The van der Waals surface area contributed by atoms with Gasteiger partial charge in [0, 0.05) is 6.20 Å². The molecular formula is C15H13NO. The molecule has 2 heteroatoms. The number of fused-ring (bicyclic) bond motifs is 1. The van der Waals surface area contributed by atoms with Crippen LogP contribution >= 0.6 is 0 Å². The molecule has 0 aliphatic rings. The summed E-state index contributed by atoms with van der Waals surface area (Å²) >= 11 is 0. The lowest BCUT2D eigenvalue weighted by atomic mass is 10.2. The molecule has 0 N–H and O–H groups in total. The van der Waals surface area contributed by atoms with Crippen molar-refractivity contribution in [1.82, 2.24) is 4.57 Å². The molecular weight excluding hydrogens is 210 g/mol. The summed E-state index contributed by atoms with van der Waals surface area (Å²) in [4.78, 5) is 0. The van der Waals surface area contributed by atoms with Crippen molar-refractivity contribution in [2.75, 3.05) is 0 Å². The lowest BCUT2D eigenvalue weighted by molar-refractivity contribution is 0.241. The first-order valence-electron chi connectivity index (χ1n) is 5.65. The maximum absolute atomic E-state index is 5.72. The van der Waals surface area contributed by atoms with E-state index in [0.29, 0.717) is 6.73 Å². The van der Waals surface area contributed by atoms with E-state index in [4.69, 9.17) is 4.74 Å². The highest BCUT2D eigenvalue weighted by atomic mass is 16.5. The summed E-state index contributed by atoms with van der Waals surface area (Å²) in [6.07, 6.45) is 2.05. The summed E-state index contributed by atoms with van der Waals surface area (Å²) in [7, 11) is 0. The van der Waals surface area contributed by atoms with E-state index in [0.717, 1.165) is 5.75 Å². The third kappa shape index (κ3) is 2.02. The topological polar surface area (TPSA) is 14.2 Å². The SMILES string of the molecule is c1ccc(OCn2ccc3ccccc32)cc1. The molecule has 0 spiro atoms. The van der Waals surface area contributed by atoms with E-state index < -0.39 is 0 Å². The standard InChI is InChI=1S/C15H13NO/c1-2-7-14(8-3-1)17-12-16-11-10-13-6-4-5-9-15(13)16/h1-11H,12H2. The molecule has 0 saturated heterocycles. The van der Waals surface area contributed by atoms with Gasteiger partial charge in [-0.15, -0.1) is 0 Å². The molecule has 84 valence electrons. The van der Waals surface area contributed by atoms with Crippen molar-refractivity contribution in [3.05, 3.63) is 66.9 Å². The predicted molar refractivity (Wildman–Crippen MR) is 69.0 cm³/mol. The van der Waals surface area contributed by atoms with Gasteiger partial charge in [-0.2, -0.15) is 0 Å². The third-order valence-electron chi connectivity index (χ3n) is 2.79. The van der Waals surface area contributed by atoms with E-state index in [1.807, 2.05) is 48.7 Å². The lowest BCUT2D eigenvalue weighted by Gasteiger charge is -2.08. The van der Waals surface area contributed by atoms with E-state index in [1.54, 1.807) is 0 Å². The summed E-state index contributed by atoms with van der Waals surface area (Å²) in [5, 5.41) is 1.24. The van der Waals surface area contributed by atoms with Gasteiger partial charge >= 0.3 is 0 Å². The van der Waals surface area contributed by atoms with Crippen LogP contribution in [-0.2, 0) is 6.73 Å². The van der Waals surface area contributed by atoms with Crippen LogP contribution in [0.4, 0.5) is 0 Å². The zero-order valence-corrected chi connectivity index (χ0v) is 9.41. The molecule has 0 bridgehead atoms. The van der Waals surface area contributed by atoms with Gasteiger partial charge in [-0.05, 0) is 29.7 Å². The number of rotatable bonds is 3. The number of ether oxygens (including phenoxy) is 1. The molecule has 17 heavy (non-hydrogen) atoms. The summed E-state index contributed by atoms with van der Waals surface area (Å²) in [5.74, 6) is 0.894. The minimum Gasteiger partial charge on any atom is -0.473 e. The van der Waals surface area contributed by atoms with Crippen LogP contribution in [0.25, 0.3) is 10.9 Å². The molecule has 0 aliphatic carbocycles. The van der Waals surface area contributed by atoms with Crippen LogP contribution in [0.5, 0.6) is 5.75 Å². The lowest BCUT2D eigenvalue weighted by Crippen LogP contribution is -2.03. The van der Waals surface area contributed by atoms with E-state index in [9.17, 15) is 0 Å². The molecule has 0 fully saturated rings. The van der Waals surface area contributed by atoms with Crippen LogP contribution in [0.2, 0.25) is 0 Å². The highest BCUT2D eigenvalue weighted by molar-refractivity contribution is 5.79. The van der Waals surface area contributed by atoms with Gasteiger partial charge in [0.1, 0.15) is 5.75 Å². The van der Waals surface area contributed by atoms with Crippen molar-refractivity contribution in [2.45, 2.75) is 6.73 Å².